The summed E-state index contributed by atoms with van der Waals surface area (Å²) < 4.78 is 13.1. The second kappa shape index (κ2) is 4.46. The lowest BCUT2D eigenvalue weighted by atomic mass is 10.2. The first kappa shape index (κ1) is 9.53. The molecule has 2 nitrogen and oxygen atoms in total. The molecule has 0 aromatic heterocycles. The third-order valence-electron chi connectivity index (χ3n) is 1.54. The number of aliphatic imine (C=N–C) groups is 1. The first-order valence-corrected chi connectivity index (χ1v) is 3.96. The number of hydrogen-bond acceptors (Lipinski definition) is 1. The van der Waals surface area contributed by atoms with Crippen LogP contribution in [-0.2, 0) is 0 Å². The molecule has 13 heavy (non-hydrogen) atoms. The van der Waals surface area contributed by atoms with Crippen molar-refractivity contribution < 1.29 is 4.39 Å². The van der Waals surface area contributed by atoms with Crippen LogP contribution in [0.4, 0.5) is 4.39 Å². The number of alkyl halides is 1. The third-order valence-corrected chi connectivity index (χ3v) is 1.54. The third kappa shape index (κ3) is 2.75. The summed E-state index contributed by atoms with van der Waals surface area (Å²) in [5, 5.41) is 2.57. The van der Waals surface area contributed by atoms with Crippen molar-refractivity contribution in [2.75, 3.05) is 7.05 Å². The predicted molar refractivity (Wildman–Crippen MR) is 52.1 cm³/mol. The summed E-state index contributed by atoms with van der Waals surface area (Å²) in [6.45, 7) is 1.72. The van der Waals surface area contributed by atoms with Gasteiger partial charge in [-0.15, -0.1) is 5.92 Å². The van der Waals surface area contributed by atoms with Crippen LogP contribution in [0, 0.1) is 11.8 Å². The standard InChI is InChI=1S/C10H11FN2/c1-3-4-8-5-6-10(12-2)13-9(11)7-8/h5-7,9H,1-2H3,(H,12,13). The van der Waals surface area contributed by atoms with Crippen molar-refractivity contribution in [2.45, 2.75) is 13.2 Å². The van der Waals surface area contributed by atoms with Gasteiger partial charge < -0.3 is 5.32 Å². The molecule has 68 valence electrons. The molecule has 0 bridgehead atoms. The molecule has 1 rings (SSSR count). The normalized spacial score (nSPS) is 24.1. The van der Waals surface area contributed by atoms with Gasteiger partial charge >= 0.3 is 0 Å². The largest absolute Gasteiger partial charge is 0.338 e. The Morgan fingerprint density at radius 2 is 2.31 bits per heavy atom. The van der Waals surface area contributed by atoms with E-state index in [4.69, 9.17) is 0 Å². The Bertz CT molecular complexity index is 329. The zero-order valence-electron chi connectivity index (χ0n) is 7.63. The van der Waals surface area contributed by atoms with Crippen LogP contribution in [0.3, 0.4) is 0 Å². The number of halogens is 1. The molecule has 1 aliphatic heterocycles. The lowest BCUT2D eigenvalue weighted by Crippen LogP contribution is -2.27. The Hall–Kier alpha value is -1.56. The monoisotopic (exact) mass is 178 g/mol. The predicted octanol–water partition coefficient (Wildman–Crippen LogP) is 1.42. The highest BCUT2D eigenvalue weighted by Gasteiger charge is 2.07. The molecule has 1 unspecified atom stereocenters. The van der Waals surface area contributed by atoms with Crippen LogP contribution >= 0.6 is 0 Å². The number of allylic oxidation sites excluding steroid dienone is 2. The molecule has 0 saturated carbocycles. The molecule has 0 aromatic carbocycles. The van der Waals surface area contributed by atoms with Crippen molar-refractivity contribution in [3.63, 3.8) is 0 Å². The Kier molecular flexibility index (Phi) is 3.27. The summed E-state index contributed by atoms with van der Waals surface area (Å²) >= 11 is 0. The van der Waals surface area contributed by atoms with Crippen molar-refractivity contribution in [1.82, 2.24) is 5.32 Å². The van der Waals surface area contributed by atoms with E-state index >= 15 is 0 Å². The van der Waals surface area contributed by atoms with Gasteiger partial charge in [0.25, 0.3) is 0 Å². The fourth-order valence-electron chi connectivity index (χ4n) is 0.980. The number of nitrogens with zero attached hydrogens (tertiary/aromatic N) is 1. The number of amidine groups is 1. The van der Waals surface area contributed by atoms with Crippen molar-refractivity contribution in [2.24, 2.45) is 4.99 Å². The molecular weight excluding hydrogens is 167 g/mol. The molecule has 0 aliphatic carbocycles. The van der Waals surface area contributed by atoms with Gasteiger partial charge in [0.15, 0.2) is 6.30 Å². The molecule has 0 amide bonds. The van der Waals surface area contributed by atoms with E-state index in [1.165, 1.54) is 6.08 Å². The van der Waals surface area contributed by atoms with Crippen molar-refractivity contribution in [3.05, 3.63) is 23.8 Å². The quantitative estimate of drug-likeness (QED) is 0.440. The van der Waals surface area contributed by atoms with E-state index in [0.717, 1.165) is 0 Å². The molecule has 0 fully saturated rings. The zero-order valence-corrected chi connectivity index (χ0v) is 7.63. The fourth-order valence-corrected chi connectivity index (χ4v) is 0.980. The number of hydrogen-bond donors (Lipinski definition) is 1. The average Bonchev–Trinajstić information content (AvgIpc) is 2.28. The molecule has 0 spiro atoms. The van der Waals surface area contributed by atoms with Crippen LogP contribution in [0.1, 0.15) is 6.92 Å². The molecule has 1 atom stereocenters. The fraction of sp³-hybridized carbons (Fsp3) is 0.300. The summed E-state index contributed by atoms with van der Waals surface area (Å²) in [5.74, 6) is 6.03. The van der Waals surface area contributed by atoms with E-state index in [1.54, 1.807) is 26.1 Å². The second-order valence-corrected chi connectivity index (χ2v) is 2.49. The smallest absolute Gasteiger partial charge is 0.191 e. The Balaban J connectivity index is 2.91. The van der Waals surface area contributed by atoms with E-state index in [9.17, 15) is 4.39 Å². The molecule has 1 N–H and O–H groups in total. The highest BCUT2D eigenvalue weighted by atomic mass is 19.1. The van der Waals surface area contributed by atoms with Gasteiger partial charge in [-0.2, -0.15) is 0 Å². The van der Waals surface area contributed by atoms with Crippen LogP contribution in [0.5, 0.6) is 0 Å². The first-order valence-electron chi connectivity index (χ1n) is 3.96. The zero-order chi connectivity index (χ0) is 9.68. The van der Waals surface area contributed by atoms with Crippen LogP contribution in [0.2, 0.25) is 0 Å². The minimum absolute atomic E-state index is 0.525. The topological polar surface area (TPSA) is 24.4 Å². The van der Waals surface area contributed by atoms with Gasteiger partial charge in [-0.3, -0.25) is 4.99 Å². The molecule has 0 saturated heterocycles. The van der Waals surface area contributed by atoms with Gasteiger partial charge in [0, 0.05) is 12.6 Å². The van der Waals surface area contributed by atoms with Crippen LogP contribution in [-0.4, -0.2) is 19.2 Å². The number of nitrogens with one attached hydrogen (secondary N) is 1. The number of rotatable bonds is 0. The summed E-state index contributed by atoms with van der Waals surface area (Å²) in [4.78, 5) is 3.85. The van der Waals surface area contributed by atoms with Gasteiger partial charge in [-0.05, 0) is 25.2 Å². The van der Waals surface area contributed by atoms with Crippen LogP contribution in [0.15, 0.2) is 28.8 Å². The molecule has 0 aromatic rings. The van der Waals surface area contributed by atoms with E-state index in [2.05, 4.69) is 22.2 Å². The Labute approximate surface area is 77.2 Å². The molecule has 0 radical (unpaired) electrons. The minimum Gasteiger partial charge on any atom is -0.338 e. The Morgan fingerprint density at radius 3 is 2.92 bits per heavy atom. The molecule has 1 aliphatic rings. The maximum absolute atomic E-state index is 13.1. The van der Waals surface area contributed by atoms with E-state index in [1.807, 2.05) is 0 Å². The summed E-state index contributed by atoms with van der Waals surface area (Å²) in [5.41, 5.74) is 0.668. The molecular formula is C10H11FN2. The maximum Gasteiger partial charge on any atom is 0.191 e. The van der Waals surface area contributed by atoms with Gasteiger partial charge in [0.1, 0.15) is 5.84 Å². The van der Waals surface area contributed by atoms with E-state index < -0.39 is 6.30 Å². The highest BCUT2D eigenvalue weighted by molar-refractivity contribution is 5.94. The molecule has 3 heteroatoms. The maximum atomic E-state index is 13.1. The lowest BCUT2D eigenvalue weighted by Gasteiger charge is -2.04. The first-order chi connectivity index (χ1) is 6.26. The van der Waals surface area contributed by atoms with Gasteiger partial charge in [-0.1, -0.05) is 5.92 Å². The SMILES string of the molecule is CC#CC1=CC(F)NC(=NC)C=C1. The van der Waals surface area contributed by atoms with E-state index in [0.29, 0.717) is 11.4 Å². The van der Waals surface area contributed by atoms with Crippen molar-refractivity contribution in [3.8, 4) is 11.8 Å². The van der Waals surface area contributed by atoms with Gasteiger partial charge in [-0.25, -0.2) is 4.39 Å². The lowest BCUT2D eigenvalue weighted by molar-refractivity contribution is 0.378. The van der Waals surface area contributed by atoms with Gasteiger partial charge in [0.05, 0.1) is 0 Å². The summed E-state index contributed by atoms with van der Waals surface area (Å²) in [7, 11) is 1.61. The summed E-state index contributed by atoms with van der Waals surface area (Å²) in [6.07, 6.45) is 3.65. The molecule has 1 heterocycles. The second-order valence-electron chi connectivity index (χ2n) is 2.49. The van der Waals surface area contributed by atoms with Crippen LogP contribution < -0.4 is 5.32 Å². The van der Waals surface area contributed by atoms with Crippen LogP contribution in [0.25, 0.3) is 0 Å². The summed E-state index contributed by atoms with van der Waals surface area (Å²) in [6, 6.07) is 0. The minimum atomic E-state index is -1.22. The van der Waals surface area contributed by atoms with E-state index in [-0.39, 0.29) is 0 Å². The highest BCUT2D eigenvalue weighted by Crippen LogP contribution is 2.04. The Morgan fingerprint density at radius 1 is 1.54 bits per heavy atom. The van der Waals surface area contributed by atoms with Crippen molar-refractivity contribution >= 4 is 5.84 Å². The van der Waals surface area contributed by atoms with Crippen molar-refractivity contribution in [1.29, 1.82) is 0 Å². The average molecular weight is 178 g/mol. The van der Waals surface area contributed by atoms with Gasteiger partial charge in [0.2, 0.25) is 0 Å².